The second-order valence-corrected chi connectivity index (χ2v) is 7.01. The van der Waals surface area contributed by atoms with Gasteiger partial charge in [0.1, 0.15) is 5.75 Å². The average molecular weight is 381 g/mol. The Morgan fingerprint density at radius 2 is 1.71 bits per heavy atom. The Morgan fingerprint density at radius 3 is 2.36 bits per heavy atom. The van der Waals surface area contributed by atoms with Gasteiger partial charge in [-0.2, -0.15) is 0 Å². The third-order valence-corrected chi connectivity index (χ3v) is 4.97. The molecule has 3 rings (SSSR count). The molecule has 0 atom stereocenters. The van der Waals surface area contributed by atoms with Gasteiger partial charge in [-0.25, -0.2) is 0 Å². The summed E-state index contributed by atoms with van der Waals surface area (Å²) >= 11 is 0. The number of ether oxygens (including phenoxy) is 1. The molecular formula is C22H27N3O3. The smallest absolute Gasteiger partial charge is 0.251 e. The summed E-state index contributed by atoms with van der Waals surface area (Å²) in [4.78, 5) is 26.6. The van der Waals surface area contributed by atoms with Crippen molar-refractivity contribution in [3.63, 3.8) is 0 Å². The molecule has 0 bridgehead atoms. The van der Waals surface area contributed by atoms with Gasteiger partial charge in [0.2, 0.25) is 5.91 Å². The van der Waals surface area contributed by atoms with Gasteiger partial charge in [-0.15, -0.1) is 0 Å². The summed E-state index contributed by atoms with van der Waals surface area (Å²) < 4.78 is 5.13. The minimum atomic E-state index is -0.0312. The topological polar surface area (TPSA) is 70.7 Å². The minimum Gasteiger partial charge on any atom is -0.497 e. The second kappa shape index (κ2) is 9.90. The van der Waals surface area contributed by atoms with Gasteiger partial charge >= 0.3 is 0 Å². The lowest BCUT2D eigenvalue weighted by Crippen LogP contribution is -2.47. The van der Waals surface area contributed by atoms with Gasteiger partial charge < -0.3 is 15.4 Å². The van der Waals surface area contributed by atoms with E-state index >= 15 is 0 Å². The average Bonchev–Trinajstić information content (AvgIpc) is 2.74. The van der Waals surface area contributed by atoms with Crippen molar-refractivity contribution in [2.75, 3.05) is 26.7 Å². The number of likely N-dealkylation sites (tertiary alicyclic amines) is 1. The molecule has 2 aromatic carbocycles. The molecule has 1 aliphatic heterocycles. The second-order valence-electron chi connectivity index (χ2n) is 7.01. The molecular weight excluding hydrogens is 354 g/mol. The van der Waals surface area contributed by atoms with Crippen molar-refractivity contribution in [1.29, 1.82) is 0 Å². The maximum absolute atomic E-state index is 12.2. The fourth-order valence-corrected chi connectivity index (χ4v) is 3.30. The highest BCUT2D eigenvalue weighted by atomic mass is 16.5. The highest BCUT2D eigenvalue weighted by molar-refractivity contribution is 5.94. The van der Waals surface area contributed by atoms with Crippen LogP contribution in [0.4, 0.5) is 0 Å². The summed E-state index contributed by atoms with van der Waals surface area (Å²) in [6, 6.07) is 17.1. The Bertz CT molecular complexity index is 769. The van der Waals surface area contributed by atoms with E-state index in [1.165, 1.54) is 0 Å². The van der Waals surface area contributed by atoms with Gasteiger partial charge in [-0.1, -0.05) is 30.3 Å². The number of carbonyl (C=O) groups excluding carboxylic acids is 2. The quantitative estimate of drug-likeness (QED) is 0.771. The molecule has 0 radical (unpaired) electrons. The summed E-state index contributed by atoms with van der Waals surface area (Å²) in [6.07, 6.45) is 1.70. The number of carbonyl (C=O) groups is 2. The Morgan fingerprint density at radius 1 is 1.04 bits per heavy atom. The lowest BCUT2D eigenvalue weighted by Gasteiger charge is -2.31. The molecule has 148 valence electrons. The van der Waals surface area contributed by atoms with Gasteiger partial charge in [0.05, 0.1) is 13.7 Å². The molecule has 2 amide bonds. The van der Waals surface area contributed by atoms with Gasteiger partial charge in [-0.3, -0.25) is 14.5 Å². The zero-order valence-corrected chi connectivity index (χ0v) is 16.2. The Kier molecular flexibility index (Phi) is 7.03. The number of piperidine rings is 1. The number of nitrogens with zero attached hydrogens (tertiary/aromatic N) is 1. The zero-order chi connectivity index (χ0) is 19.8. The minimum absolute atomic E-state index is 0.0163. The summed E-state index contributed by atoms with van der Waals surface area (Å²) in [5, 5.41) is 6.05. The molecule has 0 aromatic heterocycles. The van der Waals surface area contributed by atoms with Crippen molar-refractivity contribution < 1.29 is 14.3 Å². The van der Waals surface area contributed by atoms with Crippen LogP contribution >= 0.6 is 0 Å². The zero-order valence-electron chi connectivity index (χ0n) is 16.2. The van der Waals surface area contributed by atoms with Crippen LogP contribution in [-0.4, -0.2) is 49.5 Å². The molecule has 6 heteroatoms. The summed E-state index contributed by atoms with van der Waals surface area (Å²) in [7, 11) is 1.63. The molecule has 1 heterocycles. The van der Waals surface area contributed by atoms with Gasteiger partial charge in [0.25, 0.3) is 5.91 Å². The number of rotatable bonds is 7. The van der Waals surface area contributed by atoms with Crippen LogP contribution in [0.25, 0.3) is 0 Å². The molecule has 0 aliphatic carbocycles. The van der Waals surface area contributed by atoms with E-state index in [1.807, 2.05) is 54.6 Å². The third-order valence-electron chi connectivity index (χ3n) is 4.97. The van der Waals surface area contributed by atoms with Crippen molar-refractivity contribution in [3.05, 3.63) is 65.7 Å². The van der Waals surface area contributed by atoms with Crippen LogP contribution in [0.2, 0.25) is 0 Å². The van der Waals surface area contributed by atoms with Crippen LogP contribution < -0.4 is 15.4 Å². The SMILES string of the molecule is COc1ccc(CNC(=O)CN2CCC(NC(=O)c3ccccc3)CC2)cc1. The number of benzene rings is 2. The predicted molar refractivity (Wildman–Crippen MR) is 108 cm³/mol. The molecule has 2 N–H and O–H groups in total. The van der Waals surface area contributed by atoms with E-state index in [2.05, 4.69) is 15.5 Å². The van der Waals surface area contributed by atoms with Crippen molar-refractivity contribution >= 4 is 11.8 Å². The van der Waals surface area contributed by atoms with Crippen LogP contribution in [0, 0.1) is 0 Å². The van der Waals surface area contributed by atoms with Crippen LogP contribution in [0.5, 0.6) is 5.75 Å². The maximum atomic E-state index is 12.2. The molecule has 0 saturated carbocycles. The molecule has 6 nitrogen and oxygen atoms in total. The Hall–Kier alpha value is -2.86. The highest BCUT2D eigenvalue weighted by Gasteiger charge is 2.22. The van der Waals surface area contributed by atoms with Gasteiger partial charge in [0.15, 0.2) is 0 Å². The fourth-order valence-electron chi connectivity index (χ4n) is 3.30. The van der Waals surface area contributed by atoms with E-state index in [1.54, 1.807) is 7.11 Å². The lowest BCUT2D eigenvalue weighted by molar-refractivity contribution is -0.122. The fraction of sp³-hybridized carbons (Fsp3) is 0.364. The number of amides is 2. The monoisotopic (exact) mass is 381 g/mol. The van der Waals surface area contributed by atoms with Crippen LogP contribution in [0.1, 0.15) is 28.8 Å². The van der Waals surface area contributed by atoms with Crippen LogP contribution in [0.3, 0.4) is 0 Å². The molecule has 1 saturated heterocycles. The Balaban J connectivity index is 1.36. The van der Waals surface area contributed by atoms with Gasteiger partial charge in [0, 0.05) is 31.2 Å². The normalized spacial score (nSPS) is 15.0. The molecule has 2 aromatic rings. The number of methoxy groups -OCH3 is 1. The van der Waals surface area contributed by atoms with Crippen LogP contribution in [0.15, 0.2) is 54.6 Å². The van der Waals surface area contributed by atoms with Crippen LogP contribution in [-0.2, 0) is 11.3 Å². The summed E-state index contributed by atoms with van der Waals surface area (Å²) in [5.74, 6) is 0.788. The first-order chi connectivity index (χ1) is 13.6. The molecule has 28 heavy (non-hydrogen) atoms. The molecule has 1 aliphatic rings. The lowest BCUT2D eigenvalue weighted by atomic mass is 10.0. The van der Waals surface area contributed by atoms with E-state index in [9.17, 15) is 9.59 Å². The Labute approximate surface area is 165 Å². The first-order valence-electron chi connectivity index (χ1n) is 9.62. The standard InChI is InChI=1S/C22H27N3O3/c1-28-20-9-7-17(8-10-20)15-23-21(26)16-25-13-11-19(12-14-25)24-22(27)18-5-3-2-4-6-18/h2-10,19H,11-16H2,1H3,(H,23,26)(H,24,27). The highest BCUT2D eigenvalue weighted by Crippen LogP contribution is 2.12. The summed E-state index contributed by atoms with van der Waals surface area (Å²) in [6.45, 7) is 2.49. The molecule has 1 fully saturated rings. The summed E-state index contributed by atoms with van der Waals surface area (Å²) in [5.41, 5.74) is 1.72. The predicted octanol–water partition coefficient (Wildman–Crippen LogP) is 2.21. The van der Waals surface area contributed by atoms with Crippen molar-refractivity contribution in [1.82, 2.24) is 15.5 Å². The van der Waals surface area contributed by atoms with Crippen molar-refractivity contribution in [2.45, 2.75) is 25.4 Å². The first-order valence-corrected chi connectivity index (χ1v) is 9.62. The number of hydrogen-bond acceptors (Lipinski definition) is 4. The molecule has 0 spiro atoms. The van der Waals surface area contributed by atoms with E-state index in [0.717, 1.165) is 37.2 Å². The van der Waals surface area contributed by atoms with E-state index in [-0.39, 0.29) is 17.9 Å². The number of nitrogens with one attached hydrogen (secondary N) is 2. The van der Waals surface area contributed by atoms with E-state index in [0.29, 0.717) is 18.7 Å². The third kappa shape index (κ3) is 5.82. The van der Waals surface area contributed by atoms with E-state index < -0.39 is 0 Å². The van der Waals surface area contributed by atoms with E-state index in [4.69, 9.17) is 4.74 Å². The maximum Gasteiger partial charge on any atom is 0.251 e. The van der Waals surface area contributed by atoms with Crippen molar-refractivity contribution in [2.24, 2.45) is 0 Å². The molecule has 0 unspecified atom stereocenters. The first kappa shape index (κ1) is 19.9. The van der Waals surface area contributed by atoms with Crippen molar-refractivity contribution in [3.8, 4) is 5.75 Å². The van der Waals surface area contributed by atoms with Gasteiger partial charge in [-0.05, 0) is 42.7 Å². The number of hydrogen-bond donors (Lipinski definition) is 2. The largest absolute Gasteiger partial charge is 0.497 e.